The van der Waals surface area contributed by atoms with E-state index < -0.39 is 0 Å². The quantitative estimate of drug-likeness (QED) is 0.807. The topological polar surface area (TPSA) is 49.5 Å². The zero-order valence-electron chi connectivity index (χ0n) is 11.1. The molecule has 3 heteroatoms. The highest BCUT2D eigenvalue weighted by atomic mass is 16.3. The average molecular weight is 248 g/mol. The Morgan fingerprint density at radius 1 is 1.33 bits per heavy atom. The molecule has 0 heterocycles. The molecule has 0 amide bonds. The van der Waals surface area contributed by atoms with E-state index in [0.29, 0.717) is 18.5 Å². The van der Waals surface area contributed by atoms with Crippen LogP contribution in [0.15, 0.2) is 30.3 Å². The molecule has 1 atom stereocenters. The van der Waals surface area contributed by atoms with Crippen molar-refractivity contribution in [3.05, 3.63) is 35.9 Å². The first-order valence-electron chi connectivity index (χ1n) is 6.84. The van der Waals surface area contributed by atoms with Gasteiger partial charge in [0, 0.05) is 12.6 Å². The van der Waals surface area contributed by atoms with E-state index in [1.165, 1.54) is 5.56 Å². The second-order valence-electron chi connectivity index (χ2n) is 5.43. The third-order valence-corrected chi connectivity index (χ3v) is 3.91. The summed E-state index contributed by atoms with van der Waals surface area (Å²) in [6.07, 6.45) is 2.83. The molecule has 18 heavy (non-hydrogen) atoms. The van der Waals surface area contributed by atoms with Gasteiger partial charge in [-0.3, -0.25) is 4.90 Å². The maximum absolute atomic E-state index is 9.35. The molecular formula is C15H24N2O. The predicted octanol–water partition coefficient (Wildman–Crippen LogP) is 1.78. The van der Waals surface area contributed by atoms with Crippen LogP contribution in [0.25, 0.3) is 0 Å². The number of aliphatic hydroxyl groups is 1. The lowest BCUT2D eigenvalue weighted by Gasteiger charge is -2.37. The first-order valence-corrected chi connectivity index (χ1v) is 6.84. The minimum atomic E-state index is -0.0620. The van der Waals surface area contributed by atoms with Gasteiger partial charge in [-0.05, 0) is 44.3 Å². The van der Waals surface area contributed by atoms with E-state index in [9.17, 15) is 5.11 Å². The molecule has 0 saturated heterocycles. The van der Waals surface area contributed by atoms with E-state index in [1.54, 1.807) is 0 Å². The fraction of sp³-hybridized carbons (Fsp3) is 0.600. The van der Waals surface area contributed by atoms with E-state index in [1.807, 2.05) is 6.07 Å². The molecule has 0 spiro atoms. The fourth-order valence-corrected chi connectivity index (χ4v) is 2.86. The molecule has 1 fully saturated rings. The zero-order valence-corrected chi connectivity index (χ0v) is 11.1. The maximum atomic E-state index is 9.35. The van der Waals surface area contributed by atoms with Crippen LogP contribution in [0.1, 0.15) is 30.9 Å². The number of hydrogen-bond acceptors (Lipinski definition) is 3. The van der Waals surface area contributed by atoms with Crippen LogP contribution in [0.5, 0.6) is 0 Å². The summed E-state index contributed by atoms with van der Waals surface area (Å²) < 4.78 is 0. The van der Waals surface area contributed by atoms with Crippen LogP contribution in [-0.2, 0) is 0 Å². The molecule has 3 nitrogen and oxygen atoms in total. The van der Waals surface area contributed by atoms with Gasteiger partial charge >= 0.3 is 0 Å². The number of nitrogens with two attached hydrogens (primary N) is 1. The van der Waals surface area contributed by atoms with Crippen LogP contribution >= 0.6 is 0 Å². The molecule has 100 valence electrons. The number of benzene rings is 1. The van der Waals surface area contributed by atoms with E-state index in [0.717, 1.165) is 25.8 Å². The van der Waals surface area contributed by atoms with Crippen molar-refractivity contribution in [3.63, 3.8) is 0 Å². The first-order chi connectivity index (χ1) is 8.70. The van der Waals surface area contributed by atoms with Crippen LogP contribution in [-0.4, -0.2) is 36.2 Å². The van der Waals surface area contributed by atoms with E-state index in [4.69, 9.17) is 5.73 Å². The van der Waals surface area contributed by atoms with Crippen LogP contribution in [0, 0.1) is 5.92 Å². The van der Waals surface area contributed by atoms with Crippen molar-refractivity contribution in [2.24, 2.45) is 11.7 Å². The number of nitrogens with zero attached hydrogens (tertiary/aromatic N) is 1. The standard InChI is InChI=1S/C15H24N2O/c1-17(11-12-9-14(18)10-12)15(7-8-16)13-5-3-2-4-6-13/h2-6,12,14-15,18H,7-11,16H2,1H3. The highest BCUT2D eigenvalue weighted by Crippen LogP contribution is 2.31. The summed E-state index contributed by atoms with van der Waals surface area (Å²) in [5.41, 5.74) is 7.08. The summed E-state index contributed by atoms with van der Waals surface area (Å²) in [5, 5.41) is 9.35. The first kappa shape index (κ1) is 13.5. The molecule has 1 aliphatic carbocycles. The van der Waals surface area contributed by atoms with Crippen molar-refractivity contribution in [1.29, 1.82) is 0 Å². The molecule has 1 aromatic carbocycles. The third kappa shape index (κ3) is 3.31. The Labute approximate surface area is 110 Å². The Balaban J connectivity index is 1.96. The van der Waals surface area contributed by atoms with Crippen molar-refractivity contribution in [2.75, 3.05) is 20.1 Å². The summed E-state index contributed by atoms with van der Waals surface area (Å²) in [5.74, 6) is 0.647. The lowest BCUT2D eigenvalue weighted by Crippen LogP contribution is -2.39. The SMILES string of the molecule is CN(CC1CC(O)C1)C(CCN)c1ccccc1. The molecule has 1 aliphatic rings. The van der Waals surface area contributed by atoms with Gasteiger partial charge in [-0.1, -0.05) is 30.3 Å². The Kier molecular flexibility index (Phi) is 4.75. The predicted molar refractivity (Wildman–Crippen MR) is 74.2 cm³/mol. The Morgan fingerprint density at radius 3 is 2.56 bits per heavy atom. The van der Waals surface area contributed by atoms with Crippen molar-refractivity contribution in [2.45, 2.75) is 31.4 Å². The van der Waals surface area contributed by atoms with E-state index in [-0.39, 0.29) is 6.10 Å². The summed E-state index contributed by atoms with van der Waals surface area (Å²) in [7, 11) is 2.16. The Morgan fingerprint density at radius 2 is 2.00 bits per heavy atom. The Hall–Kier alpha value is -0.900. The van der Waals surface area contributed by atoms with Crippen molar-refractivity contribution >= 4 is 0 Å². The summed E-state index contributed by atoms with van der Waals surface area (Å²) in [6.45, 7) is 1.76. The lowest BCUT2D eigenvalue weighted by molar-refractivity contribution is 0.0213. The third-order valence-electron chi connectivity index (χ3n) is 3.91. The lowest BCUT2D eigenvalue weighted by atomic mass is 9.82. The molecule has 0 aliphatic heterocycles. The molecule has 1 saturated carbocycles. The second-order valence-corrected chi connectivity index (χ2v) is 5.43. The number of aliphatic hydroxyl groups excluding tert-OH is 1. The van der Waals surface area contributed by atoms with Gasteiger partial charge in [-0.2, -0.15) is 0 Å². The molecule has 0 aromatic heterocycles. The van der Waals surface area contributed by atoms with Crippen LogP contribution in [0.2, 0.25) is 0 Å². The maximum Gasteiger partial charge on any atom is 0.0546 e. The molecule has 1 aromatic rings. The molecule has 0 bridgehead atoms. The monoisotopic (exact) mass is 248 g/mol. The van der Waals surface area contributed by atoms with Crippen molar-refractivity contribution < 1.29 is 5.11 Å². The molecule has 3 N–H and O–H groups in total. The zero-order chi connectivity index (χ0) is 13.0. The fourth-order valence-electron chi connectivity index (χ4n) is 2.86. The Bertz CT molecular complexity index is 349. The van der Waals surface area contributed by atoms with Gasteiger partial charge in [0.05, 0.1) is 6.10 Å². The average Bonchev–Trinajstić information content (AvgIpc) is 2.35. The van der Waals surface area contributed by atoms with Crippen LogP contribution in [0.3, 0.4) is 0 Å². The van der Waals surface area contributed by atoms with E-state index >= 15 is 0 Å². The second kappa shape index (κ2) is 6.32. The van der Waals surface area contributed by atoms with Crippen molar-refractivity contribution in [3.8, 4) is 0 Å². The van der Waals surface area contributed by atoms with Crippen molar-refractivity contribution in [1.82, 2.24) is 4.90 Å². The summed E-state index contributed by atoms with van der Waals surface area (Å²) in [6, 6.07) is 11.0. The van der Waals surface area contributed by atoms with E-state index in [2.05, 4.69) is 36.2 Å². The van der Waals surface area contributed by atoms with Crippen LogP contribution < -0.4 is 5.73 Å². The number of rotatable bonds is 6. The highest BCUT2D eigenvalue weighted by molar-refractivity contribution is 5.19. The molecular weight excluding hydrogens is 224 g/mol. The van der Waals surface area contributed by atoms with Gasteiger partial charge in [-0.15, -0.1) is 0 Å². The van der Waals surface area contributed by atoms with Gasteiger partial charge in [0.2, 0.25) is 0 Å². The molecule has 2 rings (SSSR count). The summed E-state index contributed by atoms with van der Waals surface area (Å²) >= 11 is 0. The summed E-state index contributed by atoms with van der Waals surface area (Å²) in [4.78, 5) is 2.39. The minimum Gasteiger partial charge on any atom is -0.393 e. The normalized spacial score (nSPS) is 24.9. The van der Waals surface area contributed by atoms with Crippen LogP contribution in [0.4, 0.5) is 0 Å². The van der Waals surface area contributed by atoms with Gasteiger partial charge in [0.25, 0.3) is 0 Å². The highest BCUT2D eigenvalue weighted by Gasteiger charge is 2.29. The molecule has 1 unspecified atom stereocenters. The minimum absolute atomic E-state index is 0.0620. The van der Waals surface area contributed by atoms with Gasteiger partial charge in [-0.25, -0.2) is 0 Å². The smallest absolute Gasteiger partial charge is 0.0546 e. The van der Waals surface area contributed by atoms with Gasteiger partial charge < -0.3 is 10.8 Å². The van der Waals surface area contributed by atoms with Gasteiger partial charge in [0.1, 0.15) is 0 Å². The number of hydrogen-bond donors (Lipinski definition) is 2. The molecule has 0 radical (unpaired) electrons. The van der Waals surface area contributed by atoms with Gasteiger partial charge in [0.15, 0.2) is 0 Å². The largest absolute Gasteiger partial charge is 0.393 e.